The van der Waals surface area contributed by atoms with Crippen molar-refractivity contribution in [2.45, 2.75) is 24.9 Å². The van der Waals surface area contributed by atoms with Crippen LogP contribution in [0.25, 0.3) is 11.1 Å². The van der Waals surface area contributed by atoms with Gasteiger partial charge in [-0.25, -0.2) is 4.79 Å². The number of ether oxygens (including phenoxy) is 1. The molecular formula is C23H21N3O5S. The van der Waals surface area contributed by atoms with E-state index in [4.69, 9.17) is 9.84 Å². The minimum absolute atomic E-state index is 0.0716. The maximum absolute atomic E-state index is 12.4. The predicted molar refractivity (Wildman–Crippen MR) is 118 cm³/mol. The third-order valence-electron chi connectivity index (χ3n) is 5.25. The van der Waals surface area contributed by atoms with E-state index < -0.39 is 30.4 Å². The van der Waals surface area contributed by atoms with Gasteiger partial charge in [-0.2, -0.15) is 0 Å². The second-order valence-electron chi connectivity index (χ2n) is 7.31. The number of amides is 2. The number of fused-ring (bicyclic) bond motifs is 3. The van der Waals surface area contributed by atoms with Gasteiger partial charge in [0.15, 0.2) is 0 Å². The van der Waals surface area contributed by atoms with Gasteiger partial charge in [0.2, 0.25) is 5.91 Å². The molecule has 1 heterocycles. The number of carboxylic acid groups (broad SMARTS) is 1. The molecule has 1 atom stereocenters. The van der Waals surface area contributed by atoms with E-state index in [2.05, 4.69) is 15.6 Å². The average molecular weight is 452 g/mol. The van der Waals surface area contributed by atoms with E-state index >= 15 is 0 Å². The number of aliphatic carboxylic acids is 1. The first-order valence-corrected chi connectivity index (χ1v) is 10.9. The number of alkyl carbamates (subject to hydrolysis) is 1. The third-order valence-corrected chi connectivity index (χ3v) is 6.03. The van der Waals surface area contributed by atoms with E-state index in [-0.39, 0.29) is 19.1 Å². The summed E-state index contributed by atoms with van der Waals surface area (Å²) >= 11 is 1.36. The topological polar surface area (TPSA) is 118 Å². The van der Waals surface area contributed by atoms with E-state index in [0.717, 1.165) is 27.1 Å². The smallest absolute Gasteiger partial charge is 0.407 e. The van der Waals surface area contributed by atoms with Crippen molar-refractivity contribution >= 4 is 29.3 Å². The second kappa shape index (κ2) is 9.61. The highest BCUT2D eigenvalue weighted by Crippen LogP contribution is 2.44. The Labute approximate surface area is 188 Å². The highest BCUT2D eigenvalue weighted by Gasteiger charge is 2.30. The van der Waals surface area contributed by atoms with Gasteiger partial charge in [0.25, 0.3) is 0 Å². The number of hydrogen-bond acceptors (Lipinski definition) is 6. The SMILES string of the molecule is O=C(O)CC(NC(=O)OCC1c2ccccc2-c2ccccc21)C(=O)NCc1cncs1. The van der Waals surface area contributed by atoms with Crippen LogP contribution in [0.1, 0.15) is 28.3 Å². The van der Waals surface area contributed by atoms with Crippen molar-refractivity contribution in [3.8, 4) is 11.1 Å². The summed E-state index contributed by atoms with van der Waals surface area (Å²) < 4.78 is 5.42. The Morgan fingerprint density at radius 1 is 1.06 bits per heavy atom. The summed E-state index contributed by atoms with van der Waals surface area (Å²) in [5, 5.41) is 14.1. The van der Waals surface area contributed by atoms with Crippen molar-refractivity contribution in [3.05, 3.63) is 76.2 Å². The van der Waals surface area contributed by atoms with Crippen LogP contribution >= 0.6 is 11.3 Å². The van der Waals surface area contributed by atoms with Crippen LogP contribution < -0.4 is 10.6 Å². The van der Waals surface area contributed by atoms with Crippen LogP contribution in [0.15, 0.2) is 60.2 Å². The zero-order valence-electron chi connectivity index (χ0n) is 17.0. The molecule has 0 saturated heterocycles. The molecule has 0 radical (unpaired) electrons. The van der Waals surface area contributed by atoms with Crippen LogP contribution in [-0.4, -0.2) is 40.7 Å². The molecule has 32 heavy (non-hydrogen) atoms. The summed E-state index contributed by atoms with van der Waals surface area (Å²) in [6.07, 6.45) is 0.209. The molecule has 1 unspecified atom stereocenters. The van der Waals surface area contributed by atoms with E-state index in [0.29, 0.717) is 0 Å². The van der Waals surface area contributed by atoms with Crippen molar-refractivity contribution in [3.63, 3.8) is 0 Å². The number of carbonyl (C=O) groups excluding carboxylic acids is 2. The van der Waals surface area contributed by atoms with Gasteiger partial charge in [0.05, 0.1) is 18.5 Å². The van der Waals surface area contributed by atoms with Crippen molar-refractivity contribution < 1.29 is 24.2 Å². The predicted octanol–water partition coefficient (Wildman–Crippen LogP) is 3.14. The summed E-state index contributed by atoms with van der Waals surface area (Å²) in [4.78, 5) is 40.8. The summed E-state index contributed by atoms with van der Waals surface area (Å²) in [6.45, 7) is 0.272. The van der Waals surface area contributed by atoms with Crippen molar-refractivity contribution in [1.29, 1.82) is 0 Å². The molecule has 1 aliphatic rings. The lowest BCUT2D eigenvalue weighted by Crippen LogP contribution is -2.47. The molecule has 2 aromatic carbocycles. The van der Waals surface area contributed by atoms with E-state index in [1.807, 2.05) is 48.5 Å². The number of nitrogens with zero attached hydrogens (tertiary/aromatic N) is 1. The Kier molecular flexibility index (Phi) is 6.46. The van der Waals surface area contributed by atoms with Crippen LogP contribution in [0.3, 0.4) is 0 Å². The molecule has 3 aromatic rings. The molecule has 0 aliphatic heterocycles. The molecule has 9 heteroatoms. The summed E-state index contributed by atoms with van der Waals surface area (Å²) in [6, 6.07) is 14.6. The highest BCUT2D eigenvalue weighted by molar-refractivity contribution is 7.09. The lowest BCUT2D eigenvalue weighted by molar-refractivity contribution is -0.139. The molecule has 164 valence electrons. The monoisotopic (exact) mass is 451 g/mol. The summed E-state index contributed by atoms with van der Waals surface area (Å²) in [7, 11) is 0. The fourth-order valence-electron chi connectivity index (χ4n) is 3.79. The largest absolute Gasteiger partial charge is 0.481 e. The Morgan fingerprint density at radius 2 is 1.72 bits per heavy atom. The average Bonchev–Trinajstić information content (AvgIpc) is 3.41. The molecule has 0 fully saturated rings. The van der Waals surface area contributed by atoms with Gasteiger partial charge in [-0.05, 0) is 22.3 Å². The van der Waals surface area contributed by atoms with Crippen LogP contribution in [0.2, 0.25) is 0 Å². The van der Waals surface area contributed by atoms with Crippen molar-refractivity contribution in [2.24, 2.45) is 0 Å². The lowest BCUT2D eigenvalue weighted by Gasteiger charge is -2.18. The molecule has 3 N–H and O–H groups in total. The van der Waals surface area contributed by atoms with Crippen LogP contribution in [-0.2, 0) is 20.9 Å². The molecule has 1 aromatic heterocycles. The Hall–Kier alpha value is -3.72. The maximum Gasteiger partial charge on any atom is 0.407 e. The zero-order valence-corrected chi connectivity index (χ0v) is 17.8. The van der Waals surface area contributed by atoms with Gasteiger partial charge in [-0.1, -0.05) is 48.5 Å². The van der Waals surface area contributed by atoms with Gasteiger partial charge in [-0.15, -0.1) is 11.3 Å². The molecule has 0 saturated carbocycles. The van der Waals surface area contributed by atoms with Crippen molar-refractivity contribution in [2.75, 3.05) is 6.61 Å². The number of thiazole rings is 1. The van der Waals surface area contributed by atoms with Crippen LogP contribution in [0, 0.1) is 0 Å². The standard InChI is InChI=1S/C23H21N3O5S/c27-21(28)9-20(22(29)25-11-14-10-24-13-32-14)26-23(30)31-12-19-17-7-3-1-5-15(17)16-6-2-4-8-18(16)19/h1-8,10,13,19-20H,9,11-12H2,(H,25,29)(H,26,30)(H,27,28). The lowest BCUT2D eigenvalue weighted by atomic mass is 9.98. The first kappa shape index (κ1) is 21.5. The second-order valence-corrected chi connectivity index (χ2v) is 8.28. The van der Waals surface area contributed by atoms with Crippen LogP contribution in [0.5, 0.6) is 0 Å². The zero-order chi connectivity index (χ0) is 22.5. The number of hydrogen-bond donors (Lipinski definition) is 3. The van der Waals surface area contributed by atoms with Gasteiger partial charge in [-0.3, -0.25) is 14.6 Å². The molecule has 0 spiro atoms. The maximum atomic E-state index is 12.4. The van der Waals surface area contributed by atoms with Gasteiger partial charge >= 0.3 is 12.1 Å². The number of benzene rings is 2. The number of rotatable bonds is 8. The van der Waals surface area contributed by atoms with E-state index in [9.17, 15) is 14.4 Å². The van der Waals surface area contributed by atoms with Gasteiger partial charge in [0.1, 0.15) is 12.6 Å². The van der Waals surface area contributed by atoms with Crippen molar-refractivity contribution in [1.82, 2.24) is 15.6 Å². The normalized spacial score (nSPS) is 13.0. The number of aromatic nitrogens is 1. The third kappa shape index (κ3) is 4.78. The number of carbonyl (C=O) groups is 3. The number of nitrogens with one attached hydrogen (secondary N) is 2. The quantitative estimate of drug-likeness (QED) is 0.484. The number of carboxylic acids is 1. The first-order valence-electron chi connectivity index (χ1n) is 10.0. The molecule has 2 amide bonds. The Balaban J connectivity index is 1.39. The Morgan fingerprint density at radius 3 is 2.31 bits per heavy atom. The van der Waals surface area contributed by atoms with Gasteiger partial charge < -0.3 is 20.5 Å². The molecule has 0 bridgehead atoms. The fraction of sp³-hybridized carbons (Fsp3) is 0.217. The molecule has 4 rings (SSSR count). The molecule has 8 nitrogen and oxygen atoms in total. The minimum atomic E-state index is -1.25. The molecular weight excluding hydrogens is 430 g/mol. The van der Waals surface area contributed by atoms with E-state index in [1.165, 1.54) is 11.3 Å². The van der Waals surface area contributed by atoms with Gasteiger partial charge in [0, 0.05) is 17.0 Å². The van der Waals surface area contributed by atoms with Crippen LogP contribution in [0.4, 0.5) is 4.79 Å². The summed E-state index contributed by atoms with van der Waals surface area (Å²) in [5.74, 6) is -1.94. The molecule has 1 aliphatic carbocycles. The Bertz CT molecular complexity index is 1090. The summed E-state index contributed by atoms with van der Waals surface area (Å²) in [5.41, 5.74) is 5.95. The first-order chi connectivity index (χ1) is 15.5. The van der Waals surface area contributed by atoms with E-state index in [1.54, 1.807) is 11.7 Å². The fourth-order valence-corrected chi connectivity index (χ4v) is 4.33. The minimum Gasteiger partial charge on any atom is -0.481 e. The highest BCUT2D eigenvalue weighted by atomic mass is 32.1.